The number of benzene rings is 4. The topological polar surface area (TPSA) is 431 Å². The lowest BCUT2D eigenvalue weighted by Crippen LogP contribution is -2.15. The van der Waals surface area contributed by atoms with Crippen molar-refractivity contribution in [2.75, 3.05) is 30.0 Å². The Labute approximate surface area is 356 Å². The highest BCUT2D eigenvalue weighted by Gasteiger charge is 2.25. The third-order valence-corrected chi connectivity index (χ3v) is 12.7. The molecule has 0 heterocycles. The number of phenols is 2. The van der Waals surface area contributed by atoms with Crippen LogP contribution in [0, 0.1) is 0 Å². The van der Waals surface area contributed by atoms with Crippen LogP contribution in [-0.2, 0) is 63.8 Å². The Morgan fingerprint density at radius 1 is 0.603 bits per heavy atom. The number of carboxylic acids is 1. The van der Waals surface area contributed by atoms with Gasteiger partial charge in [0.15, 0.2) is 31.1 Å². The summed E-state index contributed by atoms with van der Waals surface area (Å²) in [5.41, 5.74) is -4.34. The predicted octanol–water partition coefficient (Wildman–Crippen LogP) is 4.43. The van der Waals surface area contributed by atoms with Gasteiger partial charge in [0.2, 0.25) is 5.91 Å². The molecule has 4 rings (SSSR count). The molecule has 0 spiro atoms. The van der Waals surface area contributed by atoms with Crippen molar-refractivity contribution < 1.29 is 89.0 Å². The lowest BCUT2D eigenvalue weighted by molar-refractivity contribution is -0.114. The van der Waals surface area contributed by atoms with Gasteiger partial charge in [0.25, 0.3) is 10.1 Å². The zero-order chi connectivity index (χ0) is 47.1. The highest BCUT2D eigenvalue weighted by Crippen LogP contribution is 2.47. The highest BCUT2D eigenvalue weighted by molar-refractivity contribution is 7.91. The normalized spacial score (nSPS) is 13.0. The lowest BCUT2D eigenvalue weighted by atomic mass is 10.1. The maximum atomic E-state index is 12.5. The number of anilines is 1. The number of carbonyl (C=O) groups is 2. The molecule has 27 nitrogen and oxygen atoms in total. The monoisotopic (exact) mass is 979 g/mol. The first kappa shape index (κ1) is 49.4. The summed E-state index contributed by atoms with van der Waals surface area (Å²) in [7, 11) is -23.3. The van der Waals surface area contributed by atoms with E-state index in [1.807, 2.05) is 0 Å². The molecule has 0 atom stereocenters. The van der Waals surface area contributed by atoms with Crippen LogP contribution in [0.15, 0.2) is 112 Å². The van der Waals surface area contributed by atoms with Gasteiger partial charge in [0.1, 0.15) is 27.7 Å². The summed E-state index contributed by atoms with van der Waals surface area (Å²) in [4.78, 5) is 22.4. The van der Waals surface area contributed by atoms with Crippen molar-refractivity contribution in [3.63, 3.8) is 0 Å². The lowest BCUT2D eigenvalue weighted by Gasteiger charge is -2.11. The molecule has 0 aromatic heterocycles. The largest absolute Gasteiger partial charge is 0.505 e. The number of aromatic hydroxyl groups is 2. The number of nitrogens with zero attached hydrogens (tertiary/aromatic N) is 6. The number of aromatic carboxylic acids is 1. The van der Waals surface area contributed by atoms with Crippen LogP contribution in [0.2, 0.25) is 0 Å². The first-order chi connectivity index (χ1) is 29.1. The number of carboxylic acid groups (broad SMARTS) is 1. The van der Waals surface area contributed by atoms with Crippen molar-refractivity contribution in [1.82, 2.24) is 0 Å². The van der Waals surface area contributed by atoms with Crippen LogP contribution in [0.4, 0.5) is 39.8 Å². The Bertz CT molecular complexity index is 3110. The highest BCUT2D eigenvalue weighted by atomic mass is 32.3. The Morgan fingerprint density at radius 2 is 1.05 bits per heavy atom. The van der Waals surface area contributed by atoms with Crippen LogP contribution in [-0.4, -0.2) is 108 Å². The number of hydrogen-bond donors (Lipinski definition) is 7. The zero-order valence-corrected chi connectivity index (χ0v) is 35.4. The maximum absolute atomic E-state index is 12.5. The molecule has 0 aliphatic rings. The molecule has 0 bridgehead atoms. The smallest absolute Gasteiger partial charge is 0.397 e. The summed E-state index contributed by atoms with van der Waals surface area (Å²) in [6.07, 6.45) is 0. The van der Waals surface area contributed by atoms with Crippen LogP contribution < -0.4 is 5.32 Å². The average Bonchev–Trinajstić information content (AvgIpc) is 3.15. The van der Waals surface area contributed by atoms with E-state index >= 15 is 0 Å². The molecule has 0 unspecified atom stereocenters. The second-order valence-corrected chi connectivity index (χ2v) is 19.8. The van der Waals surface area contributed by atoms with E-state index in [0.717, 1.165) is 61.5 Å². The molecule has 7 N–H and O–H groups in total. The minimum atomic E-state index is -5.25. The molecule has 0 aliphatic heterocycles. The van der Waals surface area contributed by atoms with Crippen LogP contribution in [0.5, 0.6) is 11.5 Å². The summed E-state index contributed by atoms with van der Waals surface area (Å²) >= 11 is 0. The third-order valence-electron chi connectivity index (χ3n) is 7.48. The van der Waals surface area contributed by atoms with Gasteiger partial charge in [-0.15, -0.1) is 20.5 Å². The fourth-order valence-corrected chi connectivity index (χ4v) is 8.31. The molecular formula is C31H29N7O20S5. The molecule has 0 saturated carbocycles. The summed E-state index contributed by atoms with van der Waals surface area (Å²) in [5, 5.41) is 56.0. The van der Waals surface area contributed by atoms with Crippen LogP contribution in [0.25, 0.3) is 0 Å². The number of nitrogens with one attached hydrogen (secondary N) is 1. The van der Waals surface area contributed by atoms with E-state index in [4.69, 9.17) is 9.11 Å². The van der Waals surface area contributed by atoms with Gasteiger partial charge < -0.3 is 20.6 Å². The molecule has 63 heavy (non-hydrogen) atoms. The summed E-state index contributed by atoms with van der Waals surface area (Å²) in [6.45, 7) is -0.763. The van der Waals surface area contributed by atoms with Crippen molar-refractivity contribution in [1.29, 1.82) is 0 Å². The first-order valence-electron chi connectivity index (χ1n) is 16.5. The average molecular weight is 980 g/mol. The van der Waals surface area contributed by atoms with E-state index in [0.29, 0.717) is 12.1 Å². The molecule has 1 amide bonds. The summed E-state index contributed by atoms with van der Waals surface area (Å²) < 4.78 is 153. The van der Waals surface area contributed by atoms with Gasteiger partial charge in [-0.25, -0.2) is 30.0 Å². The number of carbonyl (C=O) groups excluding carboxylic acids is 1. The fraction of sp³-hybridized carbons (Fsp3) is 0.161. The zero-order valence-electron chi connectivity index (χ0n) is 31.3. The number of rotatable bonds is 19. The Kier molecular flexibility index (Phi) is 15.3. The number of sulfone groups is 2. The van der Waals surface area contributed by atoms with E-state index in [1.165, 1.54) is 0 Å². The molecule has 32 heteroatoms. The second-order valence-electron chi connectivity index (χ2n) is 12.0. The second kappa shape index (κ2) is 19.4. The fourth-order valence-electron chi connectivity index (χ4n) is 4.71. The standard InChI is InChI=1S/C31H29N7O20S5/c1-17(39)32-23-15-25(27(61(48,49)50)16-24(23)35-33-18-2-6-20(7-3-18)59(44,45)12-10-57-62(51,52)53)36-38-29-26(40)14-22(31(42)43)28(30(29)41)37-34-19-4-8-21(9-5-19)60(46,47)13-11-58-63(54,55)56/h2-9,14-16,40-41H,10-13H2,1H3,(H,32,39)(H,42,43)(H,48,49,50)(H,51,52,53)(H,54,55,56). The summed E-state index contributed by atoms with van der Waals surface area (Å²) in [5.74, 6) is -6.44. The van der Waals surface area contributed by atoms with Gasteiger partial charge >= 0.3 is 26.8 Å². The van der Waals surface area contributed by atoms with Crippen LogP contribution in [0.1, 0.15) is 17.3 Å². The maximum Gasteiger partial charge on any atom is 0.397 e. The molecule has 0 fully saturated rings. The van der Waals surface area contributed by atoms with Gasteiger partial charge in [-0.1, -0.05) is 0 Å². The third kappa shape index (κ3) is 14.1. The van der Waals surface area contributed by atoms with E-state index < -0.39 is 132 Å². The minimum absolute atomic E-state index is 0.0511. The SMILES string of the molecule is CC(=O)Nc1cc(N=Nc2c(O)cc(C(=O)O)c(N=Nc3ccc(S(=O)(=O)CCOS(=O)(=O)O)cc3)c2O)c(S(=O)(=O)O)cc1N=Nc1ccc(S(=O)(=O)CCOS(=O)(=O)O)cc1. The first-order valence-corrected chi connectivity index (χ1v) is 23.9. The van der Waals surface area contributed by atoms with Gasteiger partial charge in [0, 0.05) is 6.92 Å². The van der Waals surface area contributed by atoms with E-state index in [2.05, 4.69) is 44.4 Å². The molecule has 338 valence electrons. The van der Waals surface area contributed by atoms with Crippen molar-refractivity contribution in [3.8, 4) is 11.5 Å². The summed E-state index contributed by atoms with van der Waals surface area (Å²) in [6, 6.07) is 10.6. The van der Waals surface area contributed by atoms with Crippen molar-refractivity contribution in [3.05, 3.63) is 72.3 Å². The number of hydrogen-bond acceptors (Lipinski definition) is 22. The quantitative estimate of drug-likeness (QED) is 0.0504. The minimum Gasteiger partial charge on any atom is -0.505 e. The molecule has 0 saturated heterocycles. The molecule has 0 radical (unpaired) electrons. The number of phenolic OH excluding ortho intramolecular Hbond substituents is 2. The Hall–Kier alpha value is -6.23. The Morgan fingerprint density at radius 3 is 1.48 bits per heavy atom. The van der Waals surface area contributed by atoms with Gasteiger partial charge in [0.05, 0.1) is 57.1 Å². The van der Waals surface area contributed by atoms with Gasteiger partial charge in [-0.2, -0.15) is 35.5 Å². The van der Waals surface area contributed by atoms with E-state index in [9.17, 15) is 71.6 Å². The number of azo groups is 3. The van der Waals surface area contributed by atoms with Crippen molar-refractivity contribution in [2.24, 2.45) is 30.7 Å². The van der Waals surface area contributed by atoms with Gasteiger partial charge in [-0.3, -0.25) is 18.5 Å². The predicted molar refractivity (Wildman–Crippen MR) is 212 cm³/mol. The Balaban J connectivity index is 1.69. The number of amides is 1. The van der Waals surface area contributed by atoms with Crippen LogP contribution >= 0.6 is 0 Å². The van der Waals surface area contributed by atoms with E-state index in [1.54, 1.807) is 0 Å². The molecule has 0 aliphatic carbocycles. The van der Waals surface area contributed by atoms with Crippen molar-refractivity contribution >= 4 is 102 Å². The molecular weight excluding hydrogens is 951 g/mol. The molecule has 4 aromatic rings. The van der Waals surface area contributed by atoms with Gasteiger partial charge in [-0.05, 0) is 66.7 Å². The molecule has 4 aromatic carbocycles. The van der Waals surface area contributed by atoms with Crippen molar-refractivity contribution in [2.45, 2.75) is 21.6 Å². The van der Waals surface area contributed by atoms with E-state index in [-0.39, 0.29) is 26.9 Å². The van der Waals surface area contributed by atoms with Crippen LogP contribution in [0.3, 0.4) is 0 Å².